The summed E-state index contributed by atoms with van der Waals surface area (Å²) >= 11 is 4.14. The van der Waals surface area contributed by atoms with E-state index in [0.29, 0.717) is 25.5 Å². The molecule has 1 aliphatic rings. The predicted octanol–water partition coefficient (Wildman–Crippen LogP) is 0.166. The average molecular weight is 203 g/mol. The maximum absolute atomic E-state index is 9.43. The van der Waals surface area contributed by atoms with Gasteiger partial charge in [-0.15, -0.1) is 0 Å². The number of nitrogens with zero attached hydrogens (tertiary/aromatic N) is 1. The summed E-state index contributed by atoms with van der Waals surface area (Å²) < 4.78 is 5.21. The highest BCUT2D eigenvalue weighted by atomic mass is 32.1. The summed E-state index contributed by atoms with van der Waals surface area (Å²) in [6, 6.07) is 0. The number of ether oxygens (including phenoxy) is 1. The van der Waals surface area contributed by atoms with Gasteiger partial charge in [-0.25, -0.2) is 0 Å². The first-order valence-corrected chi connectivity index (χ1v) is 5.11. The van der Waals surface area contributed by atoms with E-state index in [0.717, 1.165) is 18.7 Å². The minimum atomic E-state index is -0.366. The van der Waals surface area contributed by atoms with Gasteiger partial charge in [0.15, 0.2) is 0 Å². The first kappa shape index (κ1) is 11.0. The van der Waals surface area contributed by atoms with Crippen molar-refractivity contribution in [2.75, 3.05) is 38.6 Å². The van der Waals surface area contributed by atoms with Crippen LogP contribution in [-0.2, 0) is 4.74 Å². The molecule has 0 radical (unpaired) electrons. The van der Waals surface area contributed by atoms with Crippen molar-refractivity contribution in [3.63, 3.8) is 0 Å². The Balaban J connectivity index is 2.34. The molecule has 13 heavy (non-hydrogen) atoms. The third kappa shape index (κ3) is 4.13. The van der Waals surface area contributed by atoms with Gasteiger partial charge in [0.25, 0.3) is 0 Å². The molecule has 0 aliphatic carbocycles. The second kappa shape index (κ2) is 5.65. The lowest BCUT2D eigenvalue weighted by Gasteiger charge is -2.21. The molecule has 0 aromatic heterocycles. The summed E-state index contributed by atoms with van der Waals surface area (Å²) in [7, 11) is 0. The highest BCUT2D eigenvalue weighted by Crippen LogP contribution is 2.04. The van der Waals surface area contributed by atoms with Crippen LogP contribution in [0.15, 0.2) is 12.2 Å². The molecule has 1 saturated heterocycles. The molecular formula is C9H17NO2S. The van der Waals surface area contributed by atoms with Crippen molar-refractivity contribution in [3.8, 4) is 0 Å². The van der Waals surface area contributed by atoms with E-state index in [1.807, 2.05) is 0 Å². The van der Waals surface area contributed by atoms with Crippen LogP contribution in [-0.4, -0.2) is 54.7 Å². The zero-order valence-corrected chi connectivity index (χ0v) is 8.67. The molecule has 1 rings (SSSR count). The van der Waals surface area contributed by atoms with Crippen molar-refractivity contribution in [2.24, 2.45) is 0 Å². The number of rotatable bonds is 3. The van der Waals surface area contributed by atoms with Crippen molar-refractivity contribution in [1.82, 2.24) is 4.90 Å². The fraction of sp³-hybridized carbons (Fsp3) is 0.778. The van der Waals surface area contributed by atoms with Gasteiger partial charge in [0.05, 0.1) is 19.3 Å². The van der Waals surface area contributed by atoms with Crippen LogP contribution in [0, 0.1) is 0 Å². The molecule has 1 aliphatic heterocycles. The molecule has 0 aromatic carbocycles. The Labute approximate surface area is 84.8 Å². The lowest BCUT2D eigenvalue weighted by atomic mass is 10.3. The predicted molar refractivity (Wildman–Crippen MR) is 56.3 cm³/mol. The average Bonchev–Trinajstić information content (AvgIpc) is 2.30. The number of β-amino-alcohol motifs (C(OH)–C–C–N with tert-alkyl or cyclic N) is 1. The third-order valence-corrected chi connectivity index (χ3v) is 2.45. The second-order valence-electron chi connectivity index (χ2n) is 3.37. The number of aliphatic hydroxyl groups is 1. The Kier molecular flexibility index (Phi) is 4.80. The van der Waals surface area contributed by atoms with E-state index < -0.39 is 0 Å². The summed E-state index contributed by atoms with van der Waals surface area (Å²) in [6.07, 6.45) is -0.366. The lowest BCUT2D eigenvalue weighted by molar-refractivity contribution is 0.0568. The fourth-order valence-corrected chi connectivity index (χ4v) is 1.46. The van der Waals surface area contributed by atoms with E-state index in [4.69, 9.17) is 4.74 Å². The smallest absolute Gasteiger partial charge is 0.0900 e. The van der Waals surface area contributed by atoms with Gasteiger partial charge in [-0.1, -0.05) is 12.2 Å². The summed E-state index contributed by atoms with van der Waals surface area (Å²) in [5.41, 5.74) is 1.08. The van der Waals surface area contributed by atoms with Crippen LogP contribution in [0.2, 0.25) is 0 Å². The van der Waals surface area contributed by atoms with E-state index in [1.165, 1.54) is 0 Å². The highest BCUT2D eigenvalue weighted by Gasteiger charge is 2.16. The minimum Gasteiger partial charge on any atom is -0.389 e. The van der Waals surface area contributed by atoms with Crippen molar-refractivity contribution in [2.45, 2.75) is 6.10 Å². The summed E-state index contributed by atoms with van der Waals surface area (Å²) in [4.78, 5) is 2.15. The Morgan fingerprint density at radius 1 is 1.69 bits per heavy atom. The summed E-state index contributed by atoms with van der Waals surface area (Å²) in [5.74, 6) is 0.702. The van der Waals surface area contributed by atoms with Crippen LogP contribution in [0.3, 0.4) is 0 Å². The van der Waals surface area contributed by atoms with Gasteiger partial charge < -0.3 is 9.84 Å². The van der Waals surface area contributed by atoms with Gasteiger partial charge in [-0.05, 0) is 0 Å². The zero-order valence-electron chi connectivity index (χ0n) is 7.78. The van der Waals surface area contributed by atoms with Gasteiger partial charge in [-0.3, -0.25) is 4.90 Å². The first-order valence-electron chi connectivity index (χ1n) is 4.48. The molecule has 4 heteroatoms. The standard InChI is InChI=1S/C9H17NO2S/c1-8(7-13)4-10-2-3-12-6-9(11)5-10/h9,11,13H,1-7H2. The normalized spacial score (nSPS) is 25.5. The van der Waals surface area contributed by atoms with Gasteiger partial charge in [0.2, 0.25) is 0 Å². The van der Waals surface area contributed by atoms with Crippen LogP contribution < -0.4 is 0 Å². The van der Waals surface area contributed by atoms with Crippen molar-refractivity contribution < 1.29 is 9.84 Å². The molecule has 1 fully saturated rings. The first-order chi connectivity index (χ1) is 6.22. The Morgan fingerprint density at radius 3 is 3.15 bits per heavy atom. The van der Waals surface area contributed by atoms with Crippen molar-refractivity contribution in [1.29, 1.82) is 0 Å². The molecule has 1 unspecified atom stereocenters. The number of thiol groups is 1. The molecule has 0 aromatic rings. The van der Waals surface area contributed by atoms with Gasteiger partial charge in [0.1, 0.15) is 0 Å². The van der Waals surface area contributed by atoms with Crippen LogP contribution in [0.1, 0.15) is 0 Å². The van der Waals surface area contributed by atoms with Crippen molar-refractivity contribution >= 4 is 12.6 Å². The van der Waals surface area contributed by atoms with E-state index >= 15 is 0 Å². The molecule has 76 valence electrons. The Bertz CT molecular complexity index is 175. The number of aliphatic hydroxyl groups excluding tert-OH is 1. The minimum absolute atomic E-state index is 0.366. The lowest BCUT2D eigenvalue weighted by Crippen LogP contribution is -2.34. The summed E-state index contributed by atoms with van der Waals surface area (Å²) in [5, 5.41) is 9.43. The second-order valence-corrected chi connectivity index (χ2v) is 3.69. The maximum Gasteiger partial charge on any atom is 0.0900 e. The Hall–Kier alpha value is -0.0300. The van der Waals surface area contributed by atoms with Crippen LogP contribution in [0.25, 0.3) is 0 Å². The van der Waals surface area contributed by atoms with Gasteiger partial charge in [-0.2, -0.15) is 12.6 Å². The van der Waals surface area contributed by atoms with E-state index in [1.54, 1.807) is 0 Å². The molecule has 0 spiro atoms. The molecule has 0 bridgehead atoms. The highest BCUT2D eigenvalue weighted by molar-refractivity contribution is 7.80. The maximum atomic E-state index is 9.43. The van der Waals surface area contributed by atoms with E-state index in [9.17, 15) is 5.11 Å². The molecule has 1 heterocycles. The third-order valence-electron chi connectivity index (χ3n) is 2.00. The quantitative estimate of drug-likeness (QED) is 0.506. The summed E-state index contributed by atoms with van der Waals surface area (Å²) in [6.45, 7) is 7.37. The molecule has 1 N–H and O–H groups in total. The molecular weight excluding hydrogens is 186 g/mol. The Morgan fingerprint density at radius 2 is 2.46 bits per heavy atom. The van der Waals surface area contributed by atoms with Gasteiger partial charge in [0, 0.05) is 25.4 Å². The van der Waals surface area contributed by atoms with Crippen LogP contribution >= 0.6 is 12.6 Å². The topological polar surface area (TPSA) is 32.7 Å². The van der Waals surface area contributed by atoms with Gasteiger partial charge >= 0.3 is 0 Å². The number of hydrogen-bond donors (Lipinski definition) is 2. The SMILES string of the molecule is C=C(CS)CN1CCOCC(O)C1. The van der Waals surface area contributed by atoms with E-state index in [2.05, 4.69) is 24.1 Å². The van der Waals surface area contributed by atoms with Crippen molar-refractivity contribution in [3.05, 3.63) is 12.2 Å². The number of hydrogen-bond acceptors (Lipinski definition) is 4. The van der Waals surface area contributed by atoms with Crippen LogP contribution in [0.4, 0.5) is 0 Å². The zero-order chi connectivity index (χ0) is 9.68. The molecule has 1 atom stereocenters. The molecule has 0 saturated carbocycles. The fourth-order valence-electron chi connectivity index (χ4n) is 1.36. The molecule has 0 amide bonds. The van der Waals surface area contributed by atoms with E-state index in [-0.39, 0.29) is 6.10 Å². The molecule has 3 nitrogen and oxygen atoms in total. The largest absolute Gasteiger partial charge is 0.389 e. The monoisotopic (exact) mass is 203 g/mol. The van der Waals surface area contributed by atoms with Crippen LogP contribution in [0.5, 0.6) is 0 Å².